The maximum Gasteiger partial charge on any atom is 0.275 e. The van der Waals surface area contributed by atoms with Crippen molar-refractivity contribution in [3.05, 3.63) is 107 Å². The normalized spacial score (nSPS) is 13.6. The van der Waals surface area contributed by atoms with Crippen LogP contribution in [-0.4, -0.2) is 49.3 Å². The Balaban J connectivity index is 1.29. The highest BCUT2D eigenvalue weighted by Crippen LogP contribution is 2.38. The highest BCUT2D eigenvalue weighted by molar-refractivity contribution is 7.13. The predicted octanol–water partition coefficient (Wildman–Crippen LogP) is 5.97. The summed E-state index contributed by atoms with van der Waals surface area (Å²) in [7, 11) is 0. The van der Waals surface area contributed by atoms with Crippen LogP contribution >= 0.6 is 11.3 Å². The van der Waals surface area contributed by atoms with E-state index in [1.807, 2.05) is 61.5 Å². The Morgan fingerprint density at radius 3 is 2.75 bits per heavy atom. The van der Waals surface area contributed by atoms with Gasteiger partial charge in [0.1, 0.15) is 22.2 Å². The molecular weight excluding hydrogens is 522 g/mol. The summed E-state index contributed by atoms with van der Waals surface area (Å²) in [5.74, 6) is 1.25. The minimum absolute atomic E-state index is 0.265. The zero-order valence-electron chi connectivity index (χ0n) is 21.9. The van der Waals surface area contributed by atoms with E-state index in [-0.39, 0.29) is 5.91 Å². The molecule has 1 aliphatic rings. The van der Waals surface area contributed by atoms with Crippen LogP contribution in [0.25, 0.3) is 16.1 Å². The standard InChI is InChI=1S/C30H27N7O2S/c1-20-27(39-24-5-3-2-4-6-24)8-7-25(28(20)21-11-15-37(16-12-21)18-23-10-14-32-36-23)34-29(38)26-19-40-30(35-26)22-9-13-31-33-17-22/h2-11,13-14,17,19H,12,15-16,18H2,1H3,(H,32,36)(H,34,38). The van der Waals surface area contributed by atoms with Gasteiger partial charge in [-0.1, -0.05) is 24.3 Å². The highest BCUT2D eigenvalue weighted by Gasteiger charge is 2.22. The summed E-state index contributed by atoms with van der Waals surface area (Å²) in [5.41, 5.74) is 6.13. The Bertz CT molecular complexity index is 1630. The monoisotopic (exact) mass is 549 g/mol. The third-order valence-electron chi connectivity index (χ3n) is 6.77. The molecular formula is C30H27N7O2S. The van der Waals surface area contributed by atoms with Gasteiger partial charge in [-0.15, -0.1) is 11.3 Å². The molecule has 5 aromatic rings. The number of para-hydroxylation sites is 1. The maximum atomic E-state index is 13.3. The first kappa shape index (κ1) is 25.6. The highest BCUT2D eigenvalue weighted by atomic mass is 32.1. The number of aromatic nitrogens is 5. The zero-order chi connectivity index (χ0) is 27.3. The van der Waals surface area contributed by atoms with Gasteiger partial charge in [-0.3, -0.25) is 14.8 Å². The van der Waals surface area contributed by atoms with Gasteiger partial charge in [0.15, 0.2) is 0 Å². The van der Waals surface area contributed by atoms with Crippen molar-refractivity contribution in [3.63, 3.8) is 0 Å². The van der Waals surface area contributed by atoms with Crippen molar-refractivity contribution in [2.45, 2.75) is 19.9 Å². The van der Waals surface area contributed by atoms with E-state index in [0.29, 0.717) is 5.69 Å². The van der Waals surface area contributed by atoms with Gasteiger partial charge in [-0.05, 0) is 55.3 Å². The molecule has 40 heavy (non-hydrogen) atoms. The molecule has 2 N–H and O–H groups in total. The number of thiazole rings is 1. The van der Waals surface area contributed by atoms with Crippen molar-refractivity contribution in [1.82, 2.24) is 30.3 Å². The van der Waals surface area contributed by atoms with E-state index in [1.54, 1.807) is 24.0 Å². The lowest BCUT2D eigenvalue weighted by Crippen LogP contribution is -2.28. The molecule has 0 saturated carbocycles. The second-order valence-corrected chi connectivity index (χ2v) is 10.3. The molecule has 0 spiro atoms. The fourth-order valence-corrected chi connectivity index (χ4v) is 5.54. The number of carbonyl (C=O) groups excluding carboxylic acids is 1. The number of anilines is 1. The quantitative estimate of drug-likeness (QED) is 0.246. The molecule has 0 unspecified atom stereocenters. The number of H-pyrrole nitrogens is 1. The second kappa shape index (κ2) is 11.6. The van der Waals surface area contributed by atoms with E-state index in [1.165, 1.54) is 16.9 Å². The molecule has 200 valence electrons. The lowest BCUT2D eigenvalue weighted by molar-refractivity contribution is 0.102. The van der Waals surface area contributed by atoms with Gasteiger partial charge in [0.2, 0.25) is 0 Å². The van der Waals surface area contributed by atoms with Gasteiger partial charge in [0.05, 0.1) is 12.4 Å². The van der Waals surface area contributed by atoms with Crippen LogP contribution in [0.4, 0.5) is 5.69 Å². The summed E-state index contributed by atoms with van der Waals surface area (Å²) in [6.07, 6.45) is 8.09. The molecule has 0 bridgehead atoms. The topological polar surface area (TPSA) is 109 Å². The zero-order valence-corrected chi connectivity index (χ0v) is 22.7. The average Bonchev–Trinajstić information content (AvgIpc) is 3.69. The van der Waals surface area contributed by atoms with Crippen LogP contribution in [0, 0.1) is 6.92 Å². The van der Waals surface area contributed by atoms with Crippen LogP contribution in [0.15, 0.2) is 84.6 Å². The predicted molar refractivity (Wildman–Crippen MR) is 155 cm³/mol. The number of carbonyl (C=O) groups is 1. The largest absolute Gasteiger partial charge is 0.457 e. The van der Waals surface area contributed by atoms with E-state index in [9.17, 15) is 4.79 Å². The summed E-state index contributed by atoms with van der Waals surface area (Å²) in [4.78, 5) is 20.3. The van der Waals surface area contributed by atoms with Gasteiger partial charge in [0.25, 0.3) is 5.91 Å². The van der Waals surface area contributed by atoms with E-state index in [2.05, 4.69) is 41.7 Å². The van der Waals surface area contributed by atoms with Crippen LogP contribution in [-0.2, 0) is 6.54 Å². The van der Waals surface area contributed by atoms with Crippen molar-refractivity contribution < 1.29 is 9.53 Å². The molecule has 2 aromatic carbocycles. The minimum Gasteiger partial charge on any atom is -0.457 e. The number of benzene rings is 2. The summed E-state index contributed by atoms with van der Waals surface area (Å²) >= 11 is 1.40. The van der Waals surface area contributed by atoms with Gasteiger partial charge >= 0.3 is 0 Å². The molecule has 1 amide bonds. The number of hydrogen-bond donors (Lipinski definition) is 2. The molecule has 0 fully saturated rings. The molecule has 9 nitrogen and oxygen atoms in total. The fourth-order valence-electron chi connectivity index (χ4n) is 4.75. The van der Waals surface area contributed by atoms with Crippen molar-refractivity contribution in [2.24, 2.45) is 0 Å². The molecule has 0 atom stereocenters. The van der Waals surface area contributed by atoms with Gasteiger partial charge in [0, 0.05) is 59.3 Å². The molecule has 4 heterocycles. The first-order valence-electron chi connectivity index (χ1n) is 12.9. The Morgan fingerprint density at radius 1 is 1.10 bits per heavy atom. The molecule has 1 aliphatic heterocycles. The average molecular weight is 550 g/mol. The molecule has 0 aliphatic carbocycles. The number of ether oxygens (including phenoxy) is 1. The van der Waals surface area contributed by atoms with Crippen molar-refractivity contribution in [2.75, 3.05) is 18.4 Å². The van der Waals surface area contributed by atoms with Crippen LogP contribution in [0.5, 0.6) is 11.5 Å². The first-order valence-corrected chi connectivity index (χ1v) is 13.8. The minimum atomic E-state index is -0.265. The molecule has 3 aromatic heterocycles. The number of nitrogens with one attached hydrogen (secondary N) is 2. The molecule has 6 rings (SSSR count). The fraction of sp³-hybridized carbons (Fsp3) is 0.167. The molecule has 0 radical (unpaired) electrons. The third-order valence-corrected chi connectivity index (χ3v) is 7.66. The maximum absolute atomic E-state index is 13.3. The second-order valence-electron chi connectivity index (χ2n) is 9.45. The van der Waals surface area contributed by atoms with Crippen LogP contribution in [0.2, 0.25) is 0 Å². The molecule has 0 saturated heterocycles. The van der Waals surface area contributed by atoms with Crippen LogP contribution in [0.3, 0.4) is 0 Å². The summed E-state index contributed by atoms with van der Waals surface area (Å²) in [6, 6.07) is 17.4. The smallest absolute Gasteiger partial charge is 0.275 e. The van der Waals surface area contributed by atoms with Gasteiger partial charge < -0.3 is 10.1 Å². The van der Waals surface area contributed by atoms with Gasteiger partial charge in [-0.25, -0.2) is 4.98 Å². The van der Waals surface area contributed by atoms with Crippen LogP contribution in [0.1, 0.15) is 33.7 Å². The van der Waals surface area contributed by atoms with E-state index in [0.717, 1.165) is 70.6 Å². The van der Waals surface area contributed by atoms with Gasteiger partial charge in [-0.2, -0.15) is 15.3 Å². The summed E-state index contributed by atoms with van der Waals surface area (Å²) in [5, 5.41) is 20.4. The number of hydrogen-bond acceptors (Lipinski definition) is 8. The number of rotatable bonds is 8. The first-order chi connectivity index (χ1) is 19.6. The number of nitrogens with zero attached hydrogens (tertiary/aromatic N) is 5. The van der Waals surface area contributed by atoms with E-state index in [4.69, 9.17) is 4.74 Å². The SMILES string of the molecule is Cc1c(Oc2ccccc2)ccc(NC(=O)c2csc(-c3ccnnc3)n2)c1C1=CCN(Cc2ccn[nH]2)CC1. The van der Waals surface area contributed by atoms with Crippen LogP contribution < -0.4 is 10.1 Å². The Morgan fingerprint density at radius 2 is 2.00 bits per heavy atom. The van der Waals surface area contributed by atoms with E-state index >= 15 is 0 Å². The van der Waals surface area contributed by atoms with E-state index < -0.39 is 0 Å². The Hall–Kier alpha value is -4.67. The van der Waals surface area contributed by atoms with Crippen molar-refractivity contribution >= 4 is 28.5 Å². The Kier molecular flexibility index (Phi) is 7.43. The lowest BCUT2D eigenvalue weighted by Gasteiger charge is -2.28. The molecule has 10 heteroatoms. The van der Waals surface area contributed by atoms with Crippen molar-refractivity contribution in [1.29, 1.82) is 0 Å². The summed E-state index contributed by atoms with van der Waals surface area (Å²) < 4.78 is 6.25. The number of aromatic amines is 1. The number of amides is 1. The lowest BCUT2D eigenvalue weighted by atomic mass is 9.93. The third kappa shape index (κ3) is 5.68. The Labute approximate surface area is 235 Å². The summed E-state index contributed by atoms with van der Waals surface area (Å²) in [6.45, 7) is 4.53. The van der Waals surface area contributed by atoms with Crippen molar-refractivity contribution in [3.8, 4) is 22.1 Å².